The number of rotatable bonds is 5. The van der Waals surface area contributed by atoms with Crippen LogP contribution in [0.2, 0.25) is 10.2 Å². The molecule has 6 heteroatoms. The van der Waals surface area contributed by atoms with Crippen LogP contribution in [0, 0.1) is 0 Å². The van der Waals surface area contributed by atoms with E-state index >= 15 is 0 Å². The number of nitrogens with zero attached hydrogens (tertiary/aromatic N) is 2. The van der Waals surface area contributed by atoms with Gasteiger partial charge in [0.15, 0.2) is 0 Å². The van der Waals surface area contributed by atoms with E-state index in [4.69, 9.17) is 23.2 Å². The topological polar surface area (TPSA) is 45.2 Å². The second kappa shape index (κ2) is 6.92. The minimum atomic E-state index is -0.00875. The van der Waals surface area contributed by atoms with Crippen molar-refractivity contribution in [2.24, 2.45) is 0 Å². The molecule has 0 atom stereocenters. The summed E-state index contributed by atoms with van der Waals surface area (Å²) in [7, 11) is 1.85. The van der Waals surface area contributed by atoms with E-state index in [0.717, 1.165) is 5.56 Å². The zero-order valence-electron chi connectivity index (χ0n) is 10.7. The van der Waals surface area contributed by atoms with Crippen molar-refractivity contribution in [2.75, 3.05) is 13.6 Å². The van der Waals surface area contributed by atoms with Crippen LogP contribution in [-0.2, 0) is 11.3 Å². The van der Waals surface area contributed by atoms with E-state index in [0.29, 0.717) is 23.3 Å². The maximum atomic E-state index is 11.6. The van der Waals surface area contributed by atoms with Crippen molar-refractivity contribution in [1.82, 2.24) is 15.2 Å². The Morgan fingerprint density at radius 3 is 2.72 bits per heavy atom. The largest absolute Gasteiger partial charge is 0.353 e. The molecule has 0 aliphatic rings. The van der Waals surface area contributed by atoms with E-state index in [2.05, 4.69) is 10.3 Å². The third-order valence-corrected chi connectivity index (χ3v) is 2.76. The van der Waals surface area contributed by atoms with Crippen LogP contribution in [0.25, 0.3) is 0 Å². The summed E-state index contributed by atoms with van der Waals surface area (Å²) in [6.45, 7) is 4.72. The highest BCUT2D eigenvalue weighted by atomic mass is 35.5. The SMILES string of the molecule is CC(C)NC(=O)CN(C)Cc1cnc(Cl)cc1Cl. The van der Waals surface area contributed by atoms with E-state index in [1.54, 1.807) is 12.3 Å². The molecule has 1 N–H and O–H groups in total. The number of nitrogens with one attached hydrogen (secondary N) is 1. The first kappa shape index (κ1) is 15.2. The maximum absolute atomic E-state index is 11.6. The molecule has 0 aliphatic heterocycles. The van der Waals surface area contributed by atoms with Gasteiger partial charge in [-0.25, -0.2) is 4.98 Å². The van der Waals surface area contributed by atoms with Crippen molar-refractivity contribution in [2.45, 2.75) is 26.4 Å². The van der Waals surface area contributed by atoms with Crippen LogP contribution in [0.3, 0.4) is 0 Å². The molecule has 100 valence electrons. The highest BCUT2D eigenvalue weighted by molar-refractivity contribution is 6.34. The Bertz CT molecular complexity index is 424. The monoisotopic (exact) mass is 289 g/mol. The first-order chi connectivity index (χ1) is 8.38. The smallest absolute Gasteiger partial charge is 0.234 e. The van der Waals surface area contributed by atoms with Crippen molar-refractivity contribution in [3.8, 4) is 0 Å². The predicted octanol–water partition coefficient (Wildman–Crippen LogP) is 2.34. The van der Waals surface area contributed by atoms with Crippen molar-refractivity contribution in [3.63, 3.8) is 0 Å². The fourth-order valence-corrected chi connectivity index (χ4v) is 1.94. The zero-order valence-corrected chi connectivity index (χ0v) is 12.2. The molecule has 0 spiro atoms. The minimum Gasteiger partial charge on any atom is -0.353 e. The highest BCUT2D eigenvalue weighted by Gasteiger charge is 2.10. The van der Waals surface area contributed by atoms with Gasteiger partial charge in [-0.1, -0.05) is 23.2 Å². The van der Waals surface area contributed by atoms with Gasteiger partial charge >= 0.3 is 0 Å². The van der Waals surface area contributed by atoms with E-state index in [9.17, 15) is 4.79 Å². The Hall–Kier alpha value is -0.840. The number of aromatic nitrogens is 1. The van der Waals surface area contributed by atoms with Crippen LogP contribution < -0.4 is 5.32 Å². The van der Waals surface area contributed by atoms with Crippen molar-refractivity contribution >= 4 is 29.1 Å². The highest BCUT2D eigenvalue weighted by Crippen LogP contribution is 2.19. The van der Waals surface area contributed by atoms with Gasteiger partial charge in [-0.05, 0) is 27.0 Å². The molecule has 0 unspecified atom stereocenters. The molecule has 0 aromatic carbocycles. The second-order valence-electron chi connectivity index (χ2n) is 4.49. The number of hydrogen-bond acceptors (Lipinski definition) is 3. The van der Waals surface area contributed by atoms with Crippen LogP contribution in [0.15, 0.2) is 12.3 Å². The van der Waals surface area contributed by atoms with Gasteiger partial charge < -0.3 is 5.32 Å². The summed E-state index contributed by atoms with van der Waals surface area (Å²) < 4.78 is 0. The third-order valence-electron chi connectivity index (χ3n) is 2.20. The van der Waals surface area contributed by atoms with Crippen LogP contribution in [-0.4, -0.2) is 35.4 Å². The van der Waals surface area contributed by atoms with Crippen LogP contribution in [0.5, 0.6) is 0 Å². The van der Waals surface area contributed by atoms with Gasteiger partial charge in [0, 0.05) is 29.4 Å². The average Bonchev–Trinajstić information content (AvgIpc) is 2.20. The first-order valence-corrected chi connectivity index (χ1v) is 6.42. The quantitative estimate of drug-likeness (QED) is 0.847. The standard InChI is InChI=1S/C12H17Cl2N3O/c1-8(2)16-12(18)7-17(3)6-9-5-15-11(14)4-10(9)13/h4-5,8H,6-7H2,1-3H3,(H,16,18). The number of carbonyl (C=O) groups excluding carboxylic acids is 1. The maximum Gasteiger partial charge on any atom is 0.234 e. The lowest BCUT2D eigenvalue weighted by molar-refractivity contribution is -0.122. The molecule has 4 nitrogen and oxygen atoms in total. The number of halogens is 2. The molecule has 0 saturated heterocycles. The van der Waals surface area contributed by atoms with E-state index < -0.39 is 0 Å². The van der Waals surface area contributed by atoms with Crippen molar-refractivity contribution in [1.29, 1.82) is 0 Å². The molecule has 1 aromatic heterocycles. The molecule has 1 rings (SSSR count). The molecule has 0 radical (unpaired) electrons. The summed E-state index contributed by atoms with van der Waals surface area (Å²) in [6, 6.07) is 1.74. The number of hydrogen-bond donors (Lipinski definition) is 1. The molecule has 0 saturated carbocycles. The fourth-order valence-electron chi connectivity index (χ4n) is 1.51. The molecule has 0 aliphatic carbocycles. The molecule has 1 amide bonds. The Labute approximate surface area is 117 Å². The van der Waals surface area contributed by atoms with Crippen LogP contribution in [0.4, 0.5) is 0 Å². The molecule has 18 heavy (non-hydrogen) atoms. The van der Waals surface area contributed by atoms with Gasteiger partial charge in [-0.3, -0.25) is 9.69 Å². The van der Waals surface area contributed by atoms with Gasteiger partial charge in [-0.15, -0.1) is 0 Å². The Balaban J connectivity index is 2.54. The molecule has 1 aromatic rings. The van der Waals surface area contributed by atoms with E-state index in [1.165, 1.54) is 0 Å². The third kappa shape index (κ3) is 5.21. The van der Waals surface area contributed by atoms with E-state index in [1.807, 2.05) is 25.8 Å². The van der Waals surface area contributed by atoms with E-state index in [-0.39, 0.29) is 11.9 Å². The molecular weight excluding hydrogens is 273 g/mol. The number of likely N-dealkylation sites (N-methyl/N-ethyl adjacent to an activating group) is 1. The lowest BCUT2D eigenvalue weighted by atomic mass is 10.2. The van der Waals surface area contributed by atoms with Gasteiger partial charge in [0.05, 0.1) is 6.54 Å². The van der Waals surface area contributed by atoms with Gasteiger partial charge in [0.2, 0.25) is 5.91 Å². The number of carbonyl (C=O) groups is 1. The zero-order chi connectivity index (χ0) is 13.7. The summed E-state index contributed by atoms with van der Waals surface area (Å²) in [5, 5.41) is 3.76. The summed E-state index contributed by atoms with van der Waals surface area (Å²) in [5.41, 5.74) is 0.848. The van der Waals surface area contributed by atoms with Crippen molar-refractivity contribution < 1.29 is 4.79 Å². The second-order valence-corrected chi connectivity index (χ2v) is 5.29. The Morgan fingerprint density at radius 1 is 1.50 bits per heavy atom. The first-order valence-electron chi connectivity index (χ1n) is 5.66. The normalized spacial score (nSPS) is 11.1. The summed E-state index contributed by atoms with van der Waals surface area (Å²) >= 11 is 11.8. The number of pyridine rings is 1. The predicted molar refractivity (Wildman–Crippen MR) is 73.9 cm³/mol. The molecule has 0 fully saturated rings. The average molecular weight is 290 g/mol. The molecule has 1 heterocycles. The van der Waals surface area contributed by atoms with Crippen molar-refractivity contribution in [3.05, 3.63) is 28.0 Å². The van der Waals surface area contributed by atoms with Gasteiger partial charge in [-0.2, -0.15) is 0 Å². The van der Waals surface area contributed by atoms with Gasteiger partial charge in [0.25, 0.3) is 0 Å². The molecule has 0 bridgehead atoms. The minimum absolute atomic E-state index is 0.00875. The lowest BCUT2D eigenvalue weighted by Gasteiger charge is -2.18. The summed E-state index contributed by atoms with van der Waals surface area (Å²) in [5.74, 6) is -0.00875. The molecular formula is C12H17Cl2N3O. The summed E-state index contributed by atoms with van der Waals surface area (Å²) in [4.78, 5) is 17.4. The summed E-state index contributed by atoms with van der Waals surface area (Å²) in [6.07, 6.45) is 1.63. The fraction of sp³-hybridized carbons (Fsp3) is 0.500. The lowest BCUT2D eigenvalue weighted by Crippen LogP contribution is -2.38. The number of amides is 1. The Morgan fingerprint density at radius 2 is 2.17 bits per heavy atom. The van der Waals surface area contributed by atoms with Crippen LogP contribution in [0.1, 0.15) is 19.4 Å². The van der Waals surface area contributed by atoms with Crippen LogP contribution >= 0.6 is 23.2 Å². The Kier molecular flexibility index (Phi) is 5.85. The van der Waals surface area contributed by atoms with Gasteiger partial charge in [0.1, 0.15) is 5.15 Å².